The molecule has 296 valence electrons. The van der Waals surface area contributed by atoms with Gasteiger partial charge in [0, 0.05) is 0 Å². The molecule has 3 unspecified atom stereocenters. The van der Waals surface area contributed by atoms with Crippen LogP contribution in [0.2, 0.25) is 18.1 Å². The number of ether oxygens (including phenoxy) is 3. The van der Waals surface area contributed by atoms with Crippen molar-refractivity contribution in [2.75, 3.05) is 31.0 Å². The van der Waals surface area contributed by atoms with E-state index in [2.05, 4.69) is 29.9 Å². The lowest BCUT2D eigenvalue weighted by molar-refractivity contribution is -0.0582. The molecule has 3 saturated heterocycles. The van der Waals surface area contributed by atoms with E-state index in [-0.39, 0.29) is 39.3 Å². The van der Waals surface area contributed by atoms with Crippen LogP contribution in [0.5, 0.6) is 0 Å². The number of H-pyrrole nitrogens is 2. The number of nitrogens with zero attached hydrogens (tertiary/aromatic N) is 6. The zero-order valence-corrected chi connectivity index (χ0v) is 32.4. The maximum atomic E-state index is 13.6. The monoisotopic (exact) mass is 817 g/mol. The molecule has 7 rings (SSSR count). The fourth-order valence-electron chi connectivity index (χ4n) is 6.21. The minimum Gasteiger partial charge on any atom is -0.407 e. The van der Waals surface area contributed by atoms with E-state index in [1.54, 1.807) is 0 Å². The summed E-state index contributed by atoms with van der Waals surface area (Å²) in [5.74, 6) is -0.419. The Balaban J connectivity index is 1.23. The van der Waals surface area contributed by atoms with Crippen molar-refractivity contribution in [2.45, 2.75) is 87.9 Å². The number of anilines is 2. The molecular formula is C27H41N11O13P2Si. The van der Waals surface area contributed by atoms with Crippen LogP contribution in [-0.4, -0.2) is 113 Å². The molecule has 54 heavy (non-hydrogen) atoms. The number of nitrogens with one attached hydrogen (secondary N) is 2. The first-order valence-corrected chi connectivity index (χ1v) is 22.7. The van der Waals surface area contributed by atoms with Gasteiger partial charge in [0.1, 0.15) is 36.9 Å². The highest BCUT2D eigenvalue weighted by molar-refractivity contribution is 7.52. The van der Waals surface area contributed by atoms with Gasteiger partial charge in [-0.2, -0.15) is 9.97 Å². The highest BCUT2D eigenvalue weighted by atomic mass is 31.2. The van der Waals surface area contributed by atoms with Gasteiger partial charge in [-0.3, -0.25) is 42.3 Å². The number of rotatable bonds is 4. The standard InChI is InChI=1S/C27H41N11O13P2Si/c1-27(2,3)54(4,5)51-18-17-12(49-24(18)38-9-32-15-20(38)34-26(30)36-22(15)40)7-47-53(43,44)50-16-11(6-46-52(41,42)10-45-17)48-23(13(16)28)37-8-31-14-19(37)33-25(29)35-21(14)39/h8-9,11-13,16-18,23-24H,6-7,10,28H2,1-5H3,(H,41,42)(H,43,44)(H3,29,33,35,39)(H3,30,34,36,40)/t11-,12-,13-,16-,17-,18?,23-,24-/m1/s1. The normalized spacial score (nSPS) is 34.3. The molecule has 0 aromatic carbocycles. The van der Waals surface area contributed by atoms with Gasteiger partial charge in [-0.1, -0.05) is 20.8 Å². The lowest BCUT2D eigenvalue weighted by atomic mass is 10.1. The molecule has 3 aliphatic heterocycles. The number of aromatic nitrogens is 8. The largest absolute Gasteiger partial charge is 0.472 e. The summed E-state index contributed by atoms with van der Waals surface area (Å²) < 4.78 is 71.6. The predicted octanol–water partition coefficient (Wildman–Crippen LogP) is -0.00980. The highest BCUT2D eigenvalue weighted by Crippen LogP contribution is 2.52. The van der Waals surface area contributed by atoms with Crippen LogP contribution in [0.1, 0.15) is 33.2 Å². The van der Waals surface area contributed by atoms with Crippen molar-refractivity contribution in [2.24, 2.45) is 5.73 Å². The summed E-state index contributed by atoms with van der Waals surface area (Å²) in [6, 6.07) is -1.28. The van der Waals surface area contributed by atoms with Crippen LogP contribution in [0.25, 0.3) is 22.3 Å². The van der Waals surface area contributed by atoms with E-state index in [9.17, 15) is 28.5 Å². The number of imidazole rings is 2. The van der Waals surface area contributed by atoms with Gasteiger partial charge in [0.2, 0.25) is 11.9 Å². The second-order valence-electron chi connectivity index (χ2n) is 14.6. The Morgan fingerprint density at radius 1 is 0.889 bits per heavy atom. The molecule has 27 heteroatoms. The molecule has 4 aromatic heterocycles. The van der Waals surface area contributed by atoms with Crippen LogP contribution in [-0.2, 0) is 41.3 Å². The Labute approximate surface area is 305 Å². The third-order valence-corrected chi connectivity index (χ3v) is 16.4. The maximum Gasteiger partial charge on any atom is 0.472 e. The Bertz CT molecular complexity index is 2290. The molecule has 3 fully saturated rings. The number of aromatic amines is 2. The smallest absolute Gasteiger partial charge is 0.407 e. The number of nitrogens with two attached hydrogens (primary N) is 3. The van der Waals surface area contributed by atoms with Crippen molar-refractivity contribution in [1.29, 1.82) is 0 Å². The molecule has 0 aliphatic carbocycles. The van der Waals surface area contributed by atoms with Gasteiger partial charge in [-0.15, -0.1) is 0 Å². The van der Waals surface area contributed by atoms with Crippen LogP contribution >= 0.6 is 15.4 Å². The van der Waals surface area contributed by atoms with E-state index < -0.39 is 103 Å². The minimum atomic E-state index is -5.05. The quantitative estimate of drug-likeness (QED) is 0.105. The number of phosphoric acid groups is 1. The Morgan fingerprint density at radius 3 is 1.98 bits per heavy atom. The van der Waals surface area contributed by atoms with Crippen molar-refractivity contribution < 1.29 is 51.1 Å². The molecule has 7 heterocycles. The minimum absolute atomic E-state index is 0.0160. The van der Waals surface area contributed by atoms with Gasteiger partial charge in [0.25, 0.3) is 11.1 Å². The second kappa shape index (κ2) is 13.7. The lowest BCUT2D eigenvalue weighted by Gasteiger charge is -2.40. The predicted molar refractivity (Wildman–Crippen MR) is 189 cm³/mol. The molecule has 0 amide bonds. The van der Waals surface area contributed by atoms with Crippen molar-refractivity contribution in [3.63, 3.8) is 0 Å². The fourth-order valence-corrected chi connectivity index (χ4v) is 9.29. The summed E-state index contributed by atoms with van der Waals surface area (Å²) in [7, 11) is -12.4. The van der Waals surface area contributed by atoms with Crippen molar-refractivity contribution in [1.82, 2.24) is 39.0 Å². The summed E-state index contributed by atoms with van der Waals surface area (Å²) >= 11 is 0. The molecule has 10 atom stereocenters. The average molecular weight is 818 g/mol. The molecule has 0 saturated carbocycles. The summed E-state index contributed by atoms with van der Waals surface area (Å²) in [4.78, 5) is 68.4. The van der Waals surface area contributed by atoms with E-state index in [0.717, 1.165) is 0 Å². The van der Waals surface area contributed by atoms with Gasteiger partial charge >= 0.3 is 15.4 Å². The van der Waals surface area contributed by atoms with Crippen LogP contribution < -0.4 is 28.3 Å². The summed E-state index contributed by atoms with van der Waals surface area (Å²) in [5.41, 5.74) is 16.7. The summed E-state index contributed by atoms with van der Waals surface area (Å²) in [6.45, 7) is 8.57. The number of hydrogen-bond donors (Lipinski definition) is 7. The van der Waals surface area contributed by atoms with E-state index in [0.29, 0.717) is 0 Å². The zero-order valence-electron chi connectivity index (χ0n) is 29.6. The summed E-state index contributed by atoms with van der Waals surface area (Å²) in [5, 5.41) is -0.355. The van der Waals surface area contributed by atoms with E-state index >= 15 is 0 Å². The number of hydrogen-bond acceptors (Lipinski definition) is 18. The first-order chi connectivity index (χ1) is 25.1. The zero-order chi connectivity index (χ0) is 39.1. The van der Waals surface area contributed by atoms with Gasteiger partial charge in [0.15, 0.2) is 43.1 Å². The topological polar surface area (TPSA) is 344 Å². The molecule has 0 radical (unpaired) electrons. The molecular weight excluding hydrogens is 776 g/mol. The highest BCUT2D eigenvalue weighted by Gasteiger charge is 2.54. The number of nitrogen functional groups attached to an aromatic ring is 2. The maximum absolute atomic E-state index is 13.6. The summed E-state index contributed by atoms with van der Waals surface area (Å²) in [6.07, 6.45) is -7.18. The Hall–Kier alpha value is -3.42. The third-order valence-electron chi connectivity index (χ3n) is 9.89. The SMILES string of the molecule is CC(C)(C)[Si](C)(C)OC1[C@H](n2cnc3c(=O)[nH]c(N)nc32)O[C@@H]2COP(=O)(O)O[C@H]3[C@@H](N)[C@H](n4cnc5c(=O)[nH]c(N)nc54)O[C@@H]3COP(=O)(O)CO[C@@H]12. The Kier molecular flexibility index (Phi) is 9.82. The first-order valence-electron chi connectivity index (χ1n) is 16.6. The molecule has 4 aromatic rings. The number of fused-ring (bicyclic) bond motifs is 4. The van der Waals surface area contributed by atoms with E-state index in [1.807, 2.05) is 33.9 Å². The van der Waals surface area contributed by atoms with Crippen molar-refractivity contribution in [3.05, 3.63) is 33.4 Å². The van der Waals surface area contributed by atoms with Crippen molar-refractivity contribution in [3.8, 4) is 0 Å². The van der Waals surface area contributed by atoms with Crippen LogP contribution in [0.15, 0.2) is 22.2 Å². The average Bonchev–Trinajstić information content (AvgIpc) is 3.81. The fraction of sp³-hybridized carbons (Fsp3) is 0.630. The molecule has 10 N–H and O–H groups in total. The van der Waals surface area contributed by atoms with Crippen molar-refractivity contribution >= 4 is 58.0 Å². The van der Waals surface area contributed by atoms with Crippen LogP contribution in [0.3, 0.4) is 0 Å². The molecule has 24 nitrogen and oxygen atoms in total. The Morgan fingerprint density at radius 2 is 1.41 bits per heavy atom. The van der Waals surface area contributed by atoms with Gasteiger partial charge in [-0.25, -0.2) is 14.5 Å². The van der Waals surface area contributed by atoms with E-state index in [4.69, 9.17) is 49.4 Å². The third kappa shape index (κ3) is 7.20. The molecule has 3 aliphatic rings. The van der Waals surface area contributed by atoms with Gasteiger partial charge in [-0.05, 0) is 18.1 Å². The first kappa shape index (κ1) is 38.8. The second-order valence-corrected chi connectivity index (χ2v) is 22.6. The van der Waals surface area contributed by atoms with Crippen LogP contribution in [0.4, 0.5) is 11.9 Å². The van der Waals surface area contributed by atoms with Gasteiger partial charge in [0.05, 0.1) is 31.9 Å². The number of phosphoric ester groups is 1. The lowest BCUT2D eigenvalue weighted by Crippen LogP contribution is -2.49. The van der Waals surface area contributed by atoms with E-state index in [1.165, 1.54) is 21.8 Å². The van der Waals surface area contributed by atoms with Crippen LogP contribution in [0, 0.1) is 0 Å². The molecule has 0 spiro atoms. The molecule has 0 bridgehead atoms. The van der Waals surface area contributed by atoms with Gasteiger partial charge < -0.3 is 50.1 Å².